The highest BCUT2D eigenvalue weighted by atomic mass is 16.5. The minimum absolute atomic E-state index is 0.617. The predicted molar refractivity (Wildman–Crippen MR) is 59.1 cm³/mol. The maximum Gasteiger partial charge on any atom is 0.125 e. The van der Waals surface area contributed by atoms with Gasteiger partial charge in [0.05, 0.1) is 13.2 Å². The zero-order valence-electron chi connectivity index (χ0n) is 9.61. The van der Waals surface area contributed by atoms with Crippen LogP contribution < -0.4 is 4.74 Å². The molecule has 2 atom stereocenters. The Morgan fingerprint density at radius 1 is 1.13 bits per heavy atom. The summed E-state index contributed by atoms with van der Waals surface area (Å²) in [5, 5.41) is 19.1. The van der Waals surface area contributed by atoms with E-state index < -0.39 is 12.2 Å². The van der Waals surface area contributed by atoms with E-state index in [1.165, 1.54) is 0 Å². The van der Waals surface area contributed by atoms with Gasteiger partial charge in [-0.2, -0.15) is 0 Å². The van der Waals surface area contributed by atoms with Gasteiger partial charge in [-0.1, -0.05) is 0 Å². The molecule has 0 saturated heterocycles. The molecule has 3 nitrogen and oxygen atoms in total. The number of hydrogen-bond donors (Lipinski definition) is 2. The van der Waals surface area contributed by atoms with Crippen LogP contribution in [0.1, 0.15) is 29.7 Å². The van der Waals surface area contributed by atoms with Crippen molar-refractivity contribution < 1.29 is 14.9 Å². The number of aliphatic hydroxyl groups excluding tert-OH is 2. The van der Waals surface area contributed by atoms with Crippen molar-refractivity contribution >= 4 is 0 Å². The van der Waals surface area contributed by atoms with Crippen LogP contribution in [0, 0.1) is 13.8 Å². The molecule has 2 unspecified atom stereocenters. The normalized spacial score (nSPS) is 14.8. The lowest BCUT2D eigenvalue weighted by Gasteiger charge is -2.18. The Hall–Kier alpha value is -1.06. The largest absolute Gasteiger partial charge is 0.496 e. The van der Waals surface area contributed by atoms with Gasteiger partial charge >= 0.3 is 0 Å². The molecule has 0 bridgehead atoms. The Morgan fingerprint density at radius 2 is 1.67 bits per heavy atom. The first-order valence-corrected chi connectivity index (χ1v) is 4.98. The molecule has 3 heteroatoms. The molecule has 1 aromatic rings. The van der Waals surface area contributed by atoms with Gasteiger partial charge in [0.15, 0.2) is 0 Å². The molecule has 0 amide bonds. The Morgan fingerprint density at radius 3 is 2.13 bits per heavy atom. The summed E-state index contributed by atoms with van der Waals surface area (Å²) >= 11 is 0. The third-order valence-electron chi connectivity index (χ3n) is 2.62. The monoisotopic (exact) mass is 210 g/mol. The molecule has 1 rings (SSSR count). The highest BCUT2D eigenvalue weighted by Gasteiger charge is 2.18. The number of aliphatic hydroxyl groups is 2. The fourth-order valence-corrected chi connectivity index (χ4v) is 1.48. The lowest BCUT2D eigenvalue weighted by atomic mass is 9.99. The highest BCUT2D eigenvalue weighted by Crippen LogP contribution is 2.30. The van der Waals surface area contributed by atoms with E-state index in [4.69, 9.17) is 4.74 Å². The van der Waals surface area contributed by atoms with Gasteiger partial charge in [0.2, 0.25) is 0 Å². The van der Waals surface area contributed by atoms with Gasteiger partial charge in [-0.3, -0.25) is 0 Å². The first kappa shape index (κ1) is 12.0. The second-order valence-electron chi connectivity index (χ2n) is 3.86. The SMILES string of the molecule is COc1cc(C)c(C)cc1C(O)C(C)O. The zero-order chi connectivity index (χ0) is 11.6. The average Bonchev–Trinajstić information content (AvgIpc) is 2.20. The van der Waals surface area contributed by atoms with E-state index in [1.807, 2.05) is 26.0 Å². The van der Waals surface area contributed by atoms with Crippen molar-refractivity contribution in [2.24, 2.45) is 0 Å². The topological polar surface area (TPSA) is 49.7 Å². The summed E-state index contributed by atoms with van der Waals surface area (Å²) in [5.41, 5.74) is 2.81. The Balaban J connectivity index is 3.21. The van der Waals surface area contributed by atoms with E-state index in [9.17, 15) is 10.2 Å². The minimum Gasteiger partial charge on any atom is -0.496 e. The summed E-state index contributed by atoms with van der Waals surface area (Å²) in [6.45, 7) is 5.50. The molecule has 1 aromatic carbocycles. The Bertz CT molecular complexity index is 345. The van der Waals surface area contributed by atoms with E-state index in [1.54, 1.807) is 14.0 Å². The summed E-state index contributed by atoms with van der Waals surface area (Å²) in [4.78, 5) is 0. The average molecular weight is 210 g/mol. The standard InChI is InChI=1S/C12H18O3/c1-7-5-10(12(14)9(3)13)11(15-4)6-8(7)2/h5-6,9,12-14H,1-4H3. The van der Waals surface area contributed by atoms with E-state index >= 15 is 0 Å². The van der Waals surface area contributed by atoms with E-state index in [-0.39, 0.29) is 0 Å². The molecule has 0 spiro atoms. The molecule has 0 radical (unpaired) electrons. The summed E-state index contributed by atoms with van der Waals surface area (Å²) in [7, 11) is 1.56. The molecule has 0 aliphatic rings. The molecule has 15 heavy (non-hydrogen) atoms. The number of ether oxygens (including phenoxy) is 1. The van der Waals surface area contributed by atoms with Crippen LogP contribution in [0.25, 0.3) is 0 Å². The van der Waals surface area contributed by atoms with Gasteiger partial charge in [-0.25, -0.2) is 0 Å². The maximum absolute atomic E-state index is 9.80. The number of rotatable bonds is 3. The molecule has 0 aliphatic heterocycles. The van der Waals surface area contributed by atoms with Crippen LogP contribution in [0.3, 0.4) is 0 Å². The summed E-state index contributed by atoms with van der Waals surface area (Å²) in [6, 6.07) is 3.72. The van der Waals surface area contributed by atoms with Crippen LogP contribution in [0.15, 0.2) is 12.1 Å². The molecule has 0 heterocycles. The van der Waals surface area contributed by atoms with Crippen LogP contribution in [0.4, 0.5) is 0 Å². The molecular weight excluding hydrogens is 192 g/mol. The Labute approximate surface area is 90.3 Å². The number of aryl methyl sites for hydroxylation is 2. The maximum atomic E-state index is 9.80. The molecule has 0 fully saturated rings. The number of methoxy groups -OCH3 is 1. The van der Waals surface area contributed by atoms with Crippen molar-refractivity contribution in [3.05, 3.63) is 28.8 Å². The zero-order valence-corrected chi connectivity index (χ0v) is 9.61. The fourth-order valence-electron chi connectivity index (χ4n) is 1.48. The quantitative estimate of drug-likeness (QED) is 0.798. The van der Waals surface area contributed by atoms with Gasteiger partial charge in [0.1, 0.15) is 11.9 Å². The highest BCUT2D eigenvalue weighted by molar-refractivity contribution is 5.43. The molecule has 0 saturated carbocycles. The fraction of sp³-hybridized carbons (Fsp3) is 0.500. The van der Waals surface area contributed by atoms with Crippen molar-refractivity contribution in [1.82, 2.24) is 0 Å². The smallest absolute Gasteiger partial charge is 0.125 e. The lowest BCUT2D eigenvalue weighted by molar-refractivity contribution is 0.0290. The van der Waals surface area contributed by atoms with E-state index in [2.05, 4.69) is 0 Å². The molecular formula is C12H18O3. The summed E-state index contributed by atoms with van der Waals surface area (Å²) < 4.78 is 5.18. The minimum atomic E-state index is -0.903. The molecule has 0 aliphatic carbocycles. The van der Waals surface area contributed by atoms with Crippen molar-refractivity contribution in [3.8, 4) is 5.75 Å². The van der Waals surface area contributed by atoms with Crippen LogP contribution in [0.5, 0.6) is 5.75 Å². The van der Waals surface area contributed by atoms with Crippen molar-refractivity contribution in [2.75, 3.05) is 7.11 Å². The van der Waals surface area contributed by atoms with Crippen LogP contribution in [-0.2, 0) is 0 Å². The first-order chi connectivity index (χ1) is 6.97. The van der Waals surface area contributed by atoms with E-state index in [0.29, 0.717) is 11.3 Å². The van der Waals surface area contributed by atoms with Crippen LogP contribution in [0.2, 0.25) is 0 Å². The van der Waals surface area contributed by atoms with Gasteiger partial charge in [0, 0.05) is 5.56 Å². The third kappa shape index (κ3) is 2.49. The molecule has 0 aromatic heterocycles. The number of benzene rings is 1. The second-order valence-corrected chi connectivity index (χ2v) is 3.86. The van der Waals surface area contributed by atoms with E-state index in [0.717, 1.165) is 11.1 Å². The van der Waals surface area contributed by atoms with Crippen LogP contribution >= 0.6 is 0 Å². The first-order valence-electron chi connectivity index (χ1n) is 4.98. The third-order valence-corrected chi connectivity index (χ3v) is 2.62. The Kier molecular flexibility index (Phi) is 3.72. The van der Waals surface area contributed by atoms with Gasteiger partial charge in [0.25, 0.3) is 0 Å². The van der Waals surface area contributed by atoms with Crippen LogP contribution in [-0.4, -0.2) is 23.4 Å². The molecule has 2 N–H and O–H groups in total. The van der Waals surface area contributed by atoms with Gasteiger partial charge in [-0.15, -0.1) is 0 Å². The summed E-state index contributed by atoms with van der Waals surface area (Å²) in [5.74, 6) is 0.617. The summed E-state index contributed by atoms with van der Waals surface area (Å²) in [6.07, 6.45) is -1.71. The van der Waals surface area contributed by atoms with Gasteiger partial charge < -0.3 is 14.9 Å². The number of hydrogen-bond acceptors (Lipinski definition) is 3. The lowest BCUT2D eigenvalue weighted by Crippen LogP contribution is -2.15. The van der Waals surface area contributed by atoms with Crippen molar-refractivity contribution in [1.29, 1.82) is 0 Å². The molecule has 84 valence electrons. The predicted octanol–water partition coefficient (Wildman–Crippen LogP) is 1.73. The second kappa shape index (κ2) is 4.64. The van der Waals surface area contributed by atoms with Crippen molar-refractivity contribution in [2.45, 2.75) is 33.0 Å². The van der Waals surface area contributed by atoms with Gasteiger partial charge in [-0.05, 0) is 44.0 Å². The van der Waals surface area contributed by atoms with Crippen molar-refractivity contribution in [3.63, 3.8) is 0 Å².